The van der Waals surface area contributed by atoms with Gasteiger partial charge in [-0.15, -0.1) is 0 Å². The zero-order valence-electron chi connectivity index (χ0n) is 11.4. The van der Waals surface area contributed by atoms with Crippen LogP contribution in [0.5, 0.6) is 0 Å². The molecule has 100 valence electrons. The van der Waals surface area contributed by atoms with Crippen LogP contribution >= 0.6 is 0 Å². The Kier molecular flexibility index (Phi) is 4.83. The van der Waals surface area contributed by atoms with Crippen molar-refractivity contribution in [3.63, 3.8) is 0 Å². The minimum Gasteiger partial charge on any atom is -0.392 e. The van der Waals surface area contributed by atoms with Crippen LogP contribution in [0.1, 0.15) is 38.5 Å². The van der Waals surface area contributed by atoms with Crippen molar-refractivity contribution in [1.82, 2.24) is 9.80 Å². The molecule has 1 heterocycles. The van der Waals surface area contributed by atoms with Crippen LogP contribution in [-0.4, -0.2) is 60.8 Å². The third-order valence-electron chi connectivity index (χ3n) is 4.68. The molecule has 0 spiro atoms. The Bertz CT molecular complexity index is 218. The van der Waals surface area contributed by atoms with Crippen LogP contribution < -0.4 is 0 Å². The lowest BCUT2D eigenvalue weighted by Gasteiger charge is -2.36. The van der Waals surface area contributed by atoms with Gasteiger partial charge in [0, 0.05) is 12.6 Å². The van der Waals surface area contributed by atoms with Crippen LogP contribution in [0.3, 0.4) is 0 Å². The van der Waals surface area contributed by atoms with Crippen molar-refractivity contribution < 1.29 is 5.11 Å². The quantitative estimate of drug-likeness (QED) is 0.808. The summed E-state index contributed by atoms with van der Waals surface area (Å²) >= 11 is 0. The van der Waals surface area contributed by atoms with Gasteiger partial charge in [-0.3, -0.25) is 0 Å². The fraction of sp³-hybridized carbons (Fsp3) is 1.00. The average molecular weight is 240 g/mol. The van der Waals surface area contributed by atoms with E-state index in [1.54, 1.807) is 0 Å². The highest BCUT2D eigenvalue weighted by molar-refractivity contribution is 4.81. The van der Waals surface area contributed by atoms with E-state index < -0.39 is 0 Å². The topological polar surface area (TPSA) is 26.7 Å². The van der Waals surface area contributed by atoms with Gasteiger partial charge < -0.3 is 14.9 Å². The molecule has 0 aromatic rings. The summed E-state index contributed by atoms with van der Waals surface area (Å²) in [5.74, 6) is 0.585. The molecular formula is C14H28N2O. The van der Waals surface area contributed by atoms with Crippen molar-refractivity contribution in [2.75, 3.05) is 33.7 Å². The van der Waals surface area contributed by atoms with E-state index in [0.717, 1.165) is 25.7 Å². The number of rotatable bonds is 4. The van der Waals surface area contributed by atoms with Crippen molar-refractivity contribution in [3.05, 3.63) is 0 Å². The lowest BCUT2D eigenvalue weighted by Crippen LogP contribution is -2.45. The predicted octanol–water partition coefficient (Wildman–Crippen LogP) is 1.56. The third kappa shape index (κ3) is 3.67. The number of aliphatic hydroxyl groups is 1. The molecule has 2 aliphatic rings. The first-order chi connectivity index (χ1) is 8.16. The Hall–Kier alpha value is -0.120. The first-order valence-electron chi connectivity index (χ1n) is 7.23. The standard InChI is InChI=1S/C14H28N2O/c1-15(2)13-7-9-16(10-8-13)11-14(17)12-5-3-4-6-12/h12-14,17H,3-11H2,1-2H3. The monoisotopic (exact) mass is 240 g/mol. The smallest absolute Gasteiger partial charge is 0.0695 e. The summed E-state index contributed by atoms with van der Waals surface area (Å²) in [4.78, 5) is 4.80. The maximum absolute atomic E-state index is 10.2. The summed E-state index contributed by atoms with van der Waals surface area (Å²) in [7, 11) is 4.35. The molecule has 2 rings (SSSR count). The van der Waals surface area contributed by atoms with Crippen molar-refractivity contribution in [2.24, 2.45) is 5.92 Å². The molecule has 1 unspecified atom stereocenters. The molecule has 0 aromatic carbocycles. The molecule has 0 aromatic heterocycles. The number of likely N-dealkylation sites (tertiary alicyclic amines) is 1. The number of β-amino-alcohol motifs (C(OH)–C–C–N with tert-alkyl or cyclic N) is 1. The van der Waals surface area contributed by atoms with Gasteiger partial charge in [-0.05, 0) is 58.8 Å². The van der Waals surface area contributed by atoms with E-state index in [2.05, 4.69) is 23.9 Å². The Morgan fingerprint density at radius 1 is 1.12 bits per heavy atom. The number of nitrogens with zero attached hydrogens (tertiary/aromatic N) is 2. The summed E-state index contributed by atoms with van der Waals surface area (Å²) in [5, 5.41) is 10.2. The Balaban J connectivity index is 1.70. The fourth-order valence-electron chi connectivity index (χ4n) is 3.37. The van der Waals surface area contributed by atoms with E-state index in [4.69, 9.17) is 0 Å². The molecule has 0 radical (unpaired) electrons. The van der Waals surface area contributed by atoms with Crippen LogP contribution in [0.4, 0.5) is 0 Å². The SMILES string of the molecule is CN(C)C1CCN(CC(O)C2CCCC2)CC1. The van der Waals surface area contributed by atoms with E-state index in [0.29, 0.717) is 5.92 Å². The van der Waals surface area contributed by atoms with Crippen LogP contribution in [0, 0.1) is 5.92 Å². The molecule has 1 aliphatic heterocycles. The van der Waals surface area contributed by atoms with E-state index in [1.165, 1.54) is 38.5 Å². The largest absolute Gasteiger partial charge is 0.392 e. The van der Waals surface area contributed by atoms with Crippen molar-refractivity contribution >= 4 is 0 Å². The van der Waals surface area contributed by atoms with Crippen LogP contribution in [0.25, 0.3) is 0 Å². The summed E-state index contributed by atoms with van der Waals surface area (Å²) in [5.41, 5.74) is 0. The van der Waals surface area contributed by atoms with E-state index >= 15 is 0 Å². The van der Waals surface area contributed by atoms with Crippen LogP contribution in [0.15, 0.2) is 0 Å². The van der Waals surface area contributed by atoms with E-state index in [-0.39, 0.29) is 6.10 Å². The van der Waals surface area contributed by atoms with E-state index in [9.17, 15) is 5.11 Å². The van der Waals surface area contributed by atoms with Gasteiger partial charge in [-0.2, -0.15) is 0 Å². The normalized spacial score (nSPS) is 26.8. The molecule has 0 amide bonds. The van der Waals surface area contributed by atoms with Gasteiger partial charge in [0.25, 0.3) is 0 Å². The first kappa shape index (κ1) is 13.3. The fourth-order valence-corrected chi connectivity index (χ4v) is 3.37. The number of aliphatic hydroxyl groups excluding tert-OH is 1. The van der Waals surface area contributed by atoms with E-state index in [1.807, 2.05) is 0 Å². The van der Waals surface area contributed by atoms with Crippen molar-refractivity contribution in [1.29, 1.82) is 0 Å². The molecule has 0 bridgehead atoms. The molecule has 1 saturated heterocycles. The number of hydrogen-bond acceptors (Lipinski definition) is 3. The second kappa shape index (κ2) is 6.17. The van der Waals surface area contributed by atoms with Gasteiger partial charge in [-0.25, -0.2) is 0 Å². The predicted molar refractivity (Wildman–Crippen MR) is 71.1 cm³/mol. The maximum atomic E-state index is 10.2. The minimum absolute atomic E-state index is 0.0755. The highest BCUT2D eigenvalue weighted by atomic mass is 16.3. The molecule has 2 fully saturated rings. The number of hydrogen-bond donors (Lipinski definition) is 1. The lowest BCUT2D eigenvalue weighted by molar-refractivity contribution is 0.0470. The molecular weight excluding hydrogens is 212 g/mol. The Morgan fingerprint density at radius 2 is 1.71 bits per heavy atom. The first-order valence-corrected chi connectivity index (χ1v) is 7.23. The third-order valence-corrected chi connectivity index (χ3v) is 4.68. The highest BCUT2D eigenvalue weighted by Gasteiger charge is 2.27. The van der Waals surface area contributed by atoms with Gasteiger partial charge in [0.15, 0.2) is 0 Å². The molecule has 1 saturated carbocycles. The summed E-state index contributed by atoms with van der Waals surface area (Å²) in [6, 6.07) is 0.745. The zero-order valence-corrected chi connectivity index (χ0v) is 11.4. The van der Waals surface area contributed by atoms with Crippen LogP contribution in [0.2, 0.25) is 0 Å². The maximum Gasteiger partial charge on any atom is 0.0695 e. The molecule has 3 heteroatoms. The molecule has 3 nitrogen and oxygen atoms in total. The van der Waals surface area contributed by atoms with Gasteiger partial charge in [0.1, 0.15) is 0 Å². The second-order valence-corrected chi connectivity index (χ2v) is 6.11. The second-order valence-electron chi connectivity index (χ2n) is 6.11. The van der Waals surface area contributed by atoms with Gasteiger partial charge in [0.2, 0.25) is 0 Å². The van der Waals surface area contributed by atoms with Crippen molar-refractivity contribution in [2.45, 2.75) is 50.7 Å². The molecule has 17 heavy (non-hydrogen) atoms. The lowest BCUT2D eigenvalue weighted by atomic mass is 9.98. The highest BCUT2D eigenvalue weighted by Crippen LogP contribution is 2.28. The summed E-state index contributed by atoms with van der Waals surface area (Å²) < 4.78 is 0. The van der Waals surface area contributed by atoms with Gasteiger partial charge in [0.05, 0.1) is 6.10 Å². The number of piperidine rings is 1. The Labute approximate surface area is 106 Å². The zero-order chi connectivity index (χ0) is 12.3. The average Bonchev–Trinajstić information content (AvgIpc) is 2.83. The summed E-state index contributed by atoms with van der Waals surface area (Å²) in [6.45, 7) is 3.23. The molecule has 1 aliphatic carbocycles. The molecule has 1 N–H and O–H groups in total. The van der Waals surface area contributed by atoms with Gasteiger partial charge >= 0.3 is 0 Å². The minimum atomic E-state index is -0.0755. The summed E-state index contributed by atoms with van der Waals surface area (Å²) in [6.07, 6.45) is 7.57. The van der Waals surface area contributed by atoms with Gasteiger partial charge in [-0.1, -0.05) is 12.8 Å². The van der Waals surface area contributed by atoms with Crippen LogP contribution in [-0.2, 0) is 0 Å². The van der Waals surface area contributed by atoms with Crippen molar-refractivity contribution in [3.8, 4) is 0 Å². The Morgan fingerprint density at radius 3 is 2.24 bits per heavy atom. The molecule has 1 atom stereocenters.